The lowest BCUT2D eigenvalue weighted by molar-refractivity contribution is -0.642. The van der Waals surface area contributed by atoms with Gasteiger partial charge in [-0.3, -0.25) is 0 Å². The molecule has 0 amide bonds. The first-order valence-corrected chi connectivity index (χ1v) is 10.1. The van der Waals surface area contributed by atoms with Gasteiger partial charge in [-0.2, -0.15) is 4.57 Å². The number of hydrogen-bond donors (Lipinski definition) is 0. The molecule has 26 heavy (non-hydrogen) atoms. The van der Waals surface area contributed by atoms with Gasteiger partial charge in [0.05, 0.1) is 7.11 Å². The minimum absolute atomic E-state index is 0.923. The molecule has 1 aromatic heterocycles. The second-order valence-electron chi connectivity index (χ2n) is 6.78. The molecular formula is C22H25N2OS+. The summed E-state index contributed by atoms with van der Waals surface area (Å²) in [6.07, 6.45) is 8.38. The van der Waals surface area contributed by atoms with Crippen molar-refractivity contribution in [2.45, 2.75) is 19.3 Å². The first kappa shape index (κ1) is 17.1. The summed E-state index contributed by atoms with van der Waals surface area (Å²) in [4.78, 5) is 2.50. The second kappa shape index (κ2) is 7.50. The van der Waals surface area contributed by atoms with E-state index in [1.54, 1.807) is 18.4 Å². The summed E-state index contributed by atoms with van der Waals surface area (Å²) in [5.41, 5.74) is 3.73. The molecule has 4 heteroatoms. The lowest BCUT2D eigenvalue weighted by Gasteiger charge is -2.28. The number of nitrogens with zero attached hydrogens (tertiary/aromatic N) is 2. The number of hydrogen-bond acceptors (Lipinski definition) is 3. The van der Waals surface area contributed by atoms with Crippen LogP contribution in [0, 0.1) is 0 Å². The van der Waals surface area contributed by atoms with Crippen LogP contribution in [0.25, 0.3) is 22.4 Å². The fourth-order valence-electron chi connectivity index (χ4n) is 3.63. The molecule has 1 saturated heterocycles. The Labute approximate surface area is 159 Å². The first-order valence-electron chi connectivity index (χ1n) is 9.25. The second-order valence-corrected chi connectivity index (χ2v) is 7.84. The lowest BCUT2D eigenvalue weighted by Crippen LogP contribution is -2.29. The molecule has 0 aliphatic carbocycles. The fourth-order valence-corrected chi connectivity index (χ4v) is 4.70. The van der Waals surface area contributed by atoms with Crippen molar-refractivity contribution in [3.63, 3.8) is 0 Å². The van der Waals surface area contributed by atoms with Gasteiger partial charge in [0.15, 0.2) is 5.75 Å². The Hall–Kier alpha value is -2.33. The Morgan fingerprint density at radius 2 is 1.77 bits per heavy atom. The van der Waals surface area contributed by atoms with E-state index in [2.05, 4.69) is 59.0 Å². The van der Waals surface area contributed by atoms with E-state index in [1.807, 2.05) is 12.1 Å². The number of ether oxygens (including phenoxy) is 1. The minimum atomic E-state index is 0.923. The number of anilines is 1. The average Bonchev–Trinajstić information content (AvgIpc) is 3.03. The molecule has 0 spiro atoms. The van der Waals surface area contributed by atoms with Crippen LogP contribution in [0.1, 0.15) is 29.8 Å². The molecule has 2 heterocycles. The number of aromatic nitrogens is 1. The molecule has 3 nitrogen and oxygen atoms in total. The highest BCUT2D eigenvalue weighted by molar-refractivity contribution is 7.19. The Morgan fingerprint density at radius 1 is 1.00 bits per heavy atom. The molecule has 1 aliphatic heterocycles. The SMILES string of the molecule is COc1cccc2sc(C=Cc3ccc(N4CCCCC4)cc3)[n+](C)c12. The van der Waals surface area contributed by atoms with Gasteiger partial charge < -0.3 is 9.64 Å². The number of para-hydroxylation sites is 1. The first-order chi connectivity index (χ1) is 12.8. The predicted octanol–water partition coefficient (Wildman–Crippen LogP) is 4.90. The van der Waals surface area contributed by atoms with Gasteiger partial charge in [0.2, 0.25) is 0 Å². The highest BCUT2D eigenvalue weighted by Gasteiger charge is 2.18. The summed E-state index contributed by atoms with van der Waals surface area (Å²) >= 11 is 1.79. The van der Waals surface area contributed by atoms with Crippen molar-refractivity contribution in [2.75, 3.05) is 25.1 Å². The van der Waals surface area contributed by atoms with Crippen molar-refractivity contribution in [2.24, 2.45) is 7.05 Å². The number of thiazole rings is 1. The van der Waals surface area contributed by atoms with E-state index < -0.39 is 0 Å². The molecule has 2 aromatic carbocycles. The summed E-state index contributed by atoms with van der Waals surface area (Å²) in [5.74, 6) is 0.923. The topological polar surface area (TPSA) is 16.4 Å². The predicted molar refractivity (Wildman–Crippen MR) is 111 cm³/mol. The van der Waals surface area contributed by atoms with E-state index in [4.69, 9.17) is 4.74 Å². The van der Waals surface area contributed by atoms with Crippen LogP contribution in [0.5, 0.6) is 5.75 Å². The normalized spacial score (nSPS) is 15.1. The Kier molecular flexibility index (Phi) is 4.93. The smallest absolute Gasteiger partial charge is 0.266 e. The summed E-state index contributed by atoms with van der Waals surface area (Å²) < 4.78 is 8.96. The van der Waals surface area contributed by atoms with Gasteiger partial charge in [-0.05, 0) is 55.2 Å². The molecule has 134 valence electrons. The summed E-state index contributed by atoms with van der Waals surface area (Å²) in [6.45, 7) is 2.38. The summed E-state index contributed by atoms with van der Waals surface area (Å²) in [6, 6.07) is 15.1. The number of aryl methyl sites for hydroxylation is 1. The maximum Gasteiger partial charge on any atom is 0.266 e. The van der Waals surface area contributed by atoms with Crippen molar-refractivity contribution in [1.29, 1.82) is 0 Å². The van der Waals surface area contributed by atoms with Crippen LogP contribution in [-0.2, 0) is 7.05 Å². The highest BCUT2D eigenvalue weighted by Crippen LogP contribution is 2.29. The van der Waals surface area contributed by atoms with Crippen LogP contribution in [0.4, 0.5) is 5.69 Å². The molecule has 0 saturated carbocycles. The average molecular weight is 366 g/mol. The molecular weight excluding hydrogens is 340 g/mol. The zero-order chi connectivity index (χ0) is 17.9. The van der Waals surface area contributed by atoms with Crippen LogP contribution in [0.2, 0.25) is 0 Å². The van der Waals surface area contributed by atoms with Gasteiger partial charge in [-0.1, -0.05) is 29.5 Å². The third kappa shape index (κ3) is 3.34. The fraction of sp³-hybridized carbons (Fsp3) is 0.318. The van der Waals surface area contributed by atoms with Crippen LogP contribution >= 0.6 is 11.3 Å². The molecule has 3 aromatic rings. The minimum Gasteiger partial charge on any atom is -0.490 e. The summed E-state index contributed by atoms with van der Waals surface area (Å²) in [5, 5.41) is 1.21. The van der Waals surface area contributed by atoms with Gasteiger partial charge >= 0.3 is 0 Å². The molecule has 1 aliphatic rings. The molecule has 0 radical (unpaired) electrons. The van der Waals surface area contributed by atoms with E-state index in [-0.39, 0.29) is 0 Å². The van der Waals surface area contributed by atoms with Crippen LogP contribution in [-0.4, -0.2) is 20.2 Å². The number of fused-ring (bicyclic) bond motifs is 1. The lowest BCUT2D eigenvalue weighted by atomic mass is 10.1. The largest absolute Gasteiger partial charge is 0.490 e. The maximum absolute atomic E-state index is 5.51. The highest BCUT2D eigenvalue weighted by atomic mass is 32.1. The number of benzene rings is 2. The molecule has 4 rings (SSSR count). The van der Waals surface area contributed by atoms with Gasteiger partial charge in [0.25, 0.3) is 10.5 Å². The van der Waals surface area contributed by atoms with E-state index in [9.17, 15) is 0 Å². The maximum atomic E-state index is 5.51. The van der Waals surface area contributed by atoms with Crippen LogP contribution in [0.15, 0.2) is 42.5 Å². The van der Waals surface area contributed by atoms with Crippen LogP contribution in [0.3, 0.4) is 0 Å². The Morgan fingerprint density at radius 3 is 2.50 bits per heavy atom. The van der Waals surface area contributed by atoms with E-state index >= 15 is 0 Å². The molecule has 0 atom stereocenters. The van der Waals surface area contributed by atoms with E-state index in [0.717, 1.165) is 11.3 Å². The van der Waals surface area contributed by atoms with Gasteiger partial charge in [-0.15, -0.1) is 0 Å². The van der Waals surface area contributed by atoms with Gasteiger partial charge in [-0.25, -0.2) is 0 Å². The van der Waals surface area contributed by atoms with Crippen molar-refractivity contribution >= 4 is 39.4 Å². The van der Waals surface area contributed by atoms with Gasteiger partial charge in [0.1, 0.15) is 11.7 Å². The Bertz CT molecular complexity index is 921. The number of piperidine rings is 1. The zero-order valence-corrected chi connectivity index (χ0v) is 16.3. The van der Waals surface area contributed by atoms with E-state index in [1.165, 1.54) is 53.3 Å². The van der Waals surface area contributed by atoms with Crippen molar-refractivity contribution in [3.05, 3.63) is 53.0 Å². The van der Waals surface area contributed by atoms with Crippen molar-refractivity contribution in [3.8, 4) is 5.75 Å². The molecule has 0 bridgehead atoms. The third-order valence-electron chi connectivity index (χ3n) is 5.10. The molecule has 1 fully saturated rings. The summed E-state index contributed by atoms with van der Waals surface area (Å²) in [7, 11) is 3.83. The van der Waals surface area contributed by atoms with Gasteiger partial charge in [0, 0.05) is 24.9 Å². The van der Waals surface area contributed by atoms with Crippen molar-refractivity contribution < 1.29 is 9.30 Å². The van der Waals surface area contributed by atoms with Crippen molar-refractivity contribution in [1.82, 2.24) is 0 Å². The monoisotopic (exact) mass is 365 g/mol. The third-order valence-corrected chi connectivity index (χ3v) is 6.26. The quantitative estimate of drug-likeness (QED) is 0.612. The number of rotatable bonds is 4. The Balaban J connectivity index is 1.56. The molecule has 0 unspecified atom stereocenters. The van der Waals surface area contributed by atoms with E-state index in [0.29, 0.717) is 0 Å². The zero-order valence-electron chi connectivity index (χ0n) is 15.4. The number of methoxy groups -OCH3 is 1. The van der Waals surface area contributed by atoms with Crippen LogP contribution < -0.4 is 14.2 Å². The standard InChI is InChI=1S/C22H25N2OS/c1-23-21(26-20-8-6-7-19(25-2)22(20)23)14-11-17-9-12-18(13-10-17)24-15-4-3-5-16-24/h6-14H,3-5,15-16H2,1-2H3/q+1. The molecule has 0 N–H and O–H groups in total.